The Morgan fingerprint density at radius 2 is 1.95 bits per heavy atom. The molecule has 1 fully saturated rings. The van der Waals surface area contributed by atoms with Gasteiger partial charge in [-0.3, -0.25) is 0 Å². The molecule has 1 aromatic carbocycles. The van der Waals surface area contributed by atoms with Crippen molar-refractivity contribution in [2.75, 3.05) is 7.05 Å². The fourth-order valence-electron chi connectivity index (χ4n) is 3.40. The topological polar surface area (TPSA) is 21.3 Å². The van der Waals surface area contributed by atoms with Gasteiger partial charge in [0.15, 0.2) is 0 Å². The Morgan fingerprint density at radius 3 is 2.45 bits per heavy atom. The fourth-order valence-corrected chi connectivity index (χ4v) is 3.91. The van der Waals surface area contributed by atoms with Gasteiger partial charge in [0, 0.05) is 16.4 Å². The van der Waals surface area contributed by atoms with Gasteiger partial charge < -0.3 is 10.1 Å². The van der Waals surface area contributed by atoms with Gasteiger partial charge in [-0.2, -0.15) is 0 Å². The van der Waals surface area contributed by atoms with Gasteiger partial charge in [-0.1, -0.05) is 22.9 Å². The maximum absolute atomic E-state index is 13.5. The SMILES string of the molecule is CNC(Cc1cc(F)cc(Br)c1)C1C(C)OC(C)C1C. The van der Waals surface area contributed by atoms with Crippen LogP contribution >= 0.6 is 15.9 Å². The average molecular weight is 344 g/mol. The summed E-state index contributed by atoms with van der Waals surface area (Å²) in [6, 6.07) is 5.38. The Balaban J connectivity index is 2.16. The molecule has 1 aromatic rings. The number of likely N-dealkylation sites (N-methyl/N-ethyl adjacent to an activating group) is 1. The zero-order chi connectivity index (χ0) is 14.9. The number of hydrogen-bond donors (Lipinski definition) is 1. The predicted octanol–water partition coefficient (Wildman–Crippen LogP) is 3.78. The van der Waals surface area contributed by atoms with Crippen LogP contribution in [0.3, 0.4) is 0 Å². The first kappa shape index (κ1) is 15.9. The van der Waals surface area contributed by atoms with E-state index in [2.05, 4.69) is 42.0 Å². The Kier molecular flexibility index (Phi) is 5.21. The van der Waals surface area contributed by atoms with Crippen molar-refractivity contribution in [1.82, 2.24) is 5.32 Å². The monoisotopic (exact) mass is 343 g/mol. The van der Waals surface area contributed by atoms with Crippen LogP contribution in [0.5, 0.6) is 0 Å². The number of halogens is 2. The molecule has 1 heterocycles. The van der Waals surface area contributed by atoms with Crippen molar-refractivity contribution in [3.63, 3.8) is 0 Å². The molecule has 0 bridgehead atoms. The van der Waals surface area contributed by atoms with Crippen molar-refractivity contribution in [3.05, 3.63) is 34.1 Å². The minimum atomic E-state index is -0.193. The molecule has 0 amide bonds. The Bertz CT molecular complexity index is 448. The van der Waals surface area contributed by atoms with Gasteiger partial charge in [0.25, 0.3) is 0 Å². The molecule has 112 valence electrons. The van der Waals surface area contributed by atoms with Crippen molar-refractivity contribution < 1.29 is 9.13 Å². The Labute approximate surface area is 129 Å². The summed E-state index contributed by atoms with van der Waals surface area (Å²) in [5.74, 6) is 0.748. The number of nitrogens with one attached hydrogen (secondary N) is 1. The highest BCUT2D eigenvalue weighted by Crippen LogP contribution is 2.35. The lowest BCUT2D eigenvalue weighted by Crippen LogP contribution is -2.41. The second kappa shape index (κ2) is 6.54. The lowest BCUT2D eigenvalue weighted by atomic mass is 9.81. The van der Waals surface area contributed by atoms with Gasteiger partial charge in [0.2, 0.25) is 0 Å². The molecule has 5 unspecified atom stereocenters. The lowest BCUT2D eigenvalue weighted by molar-refractivity contribution is 0.0479. The van der Waals surface area contributed by atoms with Gasteiger partial charge in [0.05, 0.1) is 12.2 Å². The standard InChI is InChI=1S/C16H23BrFNO/c1-9-10(2)20-11(3)16(9)15(19-4)7-12-5-13(17)8-14(18)6-12/h5-6,8-11,15-16,19H,7H2,1-4H3. The van der Waals surface area contributed by atoms with Crippen LogP contribution in [0.4, 0.5) is 4.39 Å². The normalized spacial score (nSPS) is 31.5. The van der Waals surface area contributed by atoms with Crippen molar-refractivity contribution in [2.24, 2.45) is 11.8 Å². The molecule has 4 heteroatoms. The molecule has 5 atom stereocenters. The summed E-state index contributed by atoms with van der Waals surface area (Å²) in [5.41, 5.74) is 1.01. The largest absolute Gasteiger partial charge is 0.375 e. The molecule has 1 saturated heterocycles. The minimum absolute atomic E-state index is 0.193. The average Bonchev–Trinajstić information content (AvgIpc) is 2.60. The highest BCUT2D eigenvalue weighted by atomic mass is 79.9. The maximum Gasteiger partial charge on any atom is 0.124 e. The first-order valence-electron chi connectivity index (χ1n) is 7.20. The van der Waals surface area contributed by atoms with E-state index in [0.29, 0.717) is 17.9 Å². The summed E-state index contributed by atoms with van der Waals surface area (Å²) < 4.78 is 20.2. The van der Waals surface area contributed by atoms with Gasteiger partial charge >= 0.3 is 0 Å². The van der Waals surface area contributed by atoms with E-state index < -0.39 is 0 Å². The molecule has 1 aliphatic rings. The Hall–Kier alpha value is -0.450. The van der Waals surface area contributed by atoms with E-state index in [1.54, 1.807) is 6.07 Å². The zero-order valence-corrected chi connectivity index (χ0v) is 14.1. The van der Waals surface area contributed by atoms with Crippen LogP contribution in [0, 0.1) is 17.7 Å². The molecule has 0 spiro atoms. The Morgan fingerprint density at radius 1 is 1.25 bits per heavy atom. The first-order chi connectivity index (χ1) is 9.42. The molecule has 20 heavy (non-hydrogen) atoms. The highest BCUT2D eigenvalue weighted by Gasteiger charge is 2.41. The summed E-state index contributed by atoms with van der Waals surface area (Å²) >= 11 is 3.36. The minimum Gasteiger partial charge on any atom is -0.375 e. The van der Waals surface area contributed by atoms with E-state index in [1.807, 2.05) is 13.1 Å². The highest BCUT2D eigenvalue weighted by molar-refractivity contribution is 9.10. The predicted molar refractivity (Wildman–Crippen MR) is 83.3 cm³/mol. The molecular weight excluding hydrogens is 321 g/mol. The van der Waals surface area contributed by atoms with E-state index in [0.717, 1.165) is 16.5 Å². The van der Waals surface area contributed by atoms with Crippen LogP contribution in [0.1, 0.15) is 26.3 Å². The zero-order valence-electron chi connectivity index (χ0n) is 12.5. The van der Waals surface area contributed by atoms with E-state index in [4.69, 9.17) is 4.74 Å². The molecule has 0 saturated carbocycles. The lowest BCUT2D eigenvalue weighted by Gasteiger charge is -2.29. The molecule has 2 nitrogen and oxygen atoms in total. The van der Waals surface area contributed by atoms with Crippen LogP contribution < -0.4 is 5.32 Å². The van der Waals surface area contributed by atoms with Gasteiger partial charge in [-0.15, -0.1) is 0 Å². The van der Waals surface area contributed by atoms with Crippen molar-refractivity contribution >= 4 is 15.9 Å². The van der Waals surface area contributed by atoms with E-state index in [9.17, 15) is 4.39 Å². The summed E-state index contributed by atoms with van der Waals surface area (Å²) in [7, 11) is 1.97. The molecular formula is C16H23BrFNO. The number of ether oxygens (including phenoxy) is 1. The van der Waals surface area contributed by atoms with E-state index >= 15 is 0 Å². The molecule has 0 aliphatic carbocycles. The van der Waals surface area contributed by atoms with E-state index in [1.165, 1.54) is 6.07 Å². The van der Waals surface area contributed by atoms with Crippen molar-refractivity contribution in [3.8, 4) is 0 Å². The second-order valence-corrected chi connectivity index (χ2v) is 6.78. The number of rotatable bonds is 4. The van der Waals surface area contributed by atoms with E-state index in [-0.39, 0.29) is 18.0 Å². The van der Waals surface area contributed by atoms with Gasteiger partial charge in [-0.25, -0.2) is 4.39 Å². The van der Waals surface area contributed by atoms with Gasteiger partial charge in [-0.05, 0) is 57.0 Å². The third-order valence-electron chi connectivity index (χ3n) is 4.53. The number of benzene rings is 1. The van der Waals surface area contributed by atoms with Crippen LogP contribution in [0.2, 0.25) is 0 Å². The van der Waals surface area contributed by atoms with Gasteiger partial charge in [0.1, 0.15) is 5.82 Å². The van der Waals surface area contributed by atoms with Crippen molar-refractivity contribution in [1.29, 1.82) is 0 Å². The smallest absolute Gasteiger partial charge is 0.124 e. The third-order valence-corrected chi connectivity index (χ3v) is 4.99. The third kappa shape index (κ3) is 3.41. The quantitative estimate of drug-likeness (QED) is 0.898. The molecule has 0 radical (unpaired) electrons. The summed E-state index contributed by atoms with van der Waals surface area (Å²) in [6.45, 7) is 6.51. The van der Waals surface area contributed by atoms with Crippen LogP contribution in [-0.2, 0) is 11.2 Å². The first-order valence-corrected chi connectivity index (χ1v) is 7.99. The molecule has 0 aromatic heterocycles. The summed E-state index contributed by atoms with van der Waals surface area (Å²) in [4.78, 5) is 0. The van der Waals surface area contributed by atoms with Crippen LogP contribution in [-0.4, -0.2) is 25.3 Å². The second-order valence-electron chi connectivity index (χ2n) is 5.86. The molecule has 1 N–H and O–H groups in total. The summed E-state index contributed by atoms with van der Waals surface area (Å²) in [5, 5.41) is 3.40. The maximum atomic E-state index is 13.5. The molecule has 1 aliphatic heterocycles. The summed E-state index contributed by atoms with van der Waals surface area (Å²) in [6.07, 6.45) is 1.32. The molecule has 2 rings (SSSR count). The fraction of sp³-hybridized carbons (Fsp3) is 0.625. The van der Waals surface area contributed by atoms with Crippen molar-refractivity contribution in [2.45, 2.75) is 45.4 Å². The van der Waals surface area contributed by atoms with Crippen LogP contribution in [0.15, 0.2) is 22.7 Å². The van der Waals surface area contributed by atoms with Crippen LogP contribution in [0.25, 0.3) is 0 Å². The number of hydrogen-bond acceptors (Lipinski definition) is 2.